The summed E-state index contributed by atoms with van der Waals surface area (Å²) in [5, 5.41) is 7.31. The van der Waals surface area contributed by atoms with Gasteiger partial charge in [-0.15, -0.1) is 0 Å². The Kier molecular flexibility index (Phi) is 19.4. The van der Waals surface area contributed by atoms with Crippen molar-refractivity contribution in [2.75, 3.05) is 0 Å². The van der Waals surface area contributed by atoms with Gasteiger partial charge in [0.2, 0.25) is 0 Å². The summed E-state index contributed by atoms with van der Waals surface area (Å²) >= 11 is 0. The molecule has 0 atom stereocenters. The van der Waals surface area contributed by atoms with Crippen molar-refractivity contribution in [3.05, 3.63) is 115 Å². The maximum Gasteiger partial charge on any atom is 0.198 e. The van der Waals surface area contributed by atoms with E-state index < -0.39 is 0 Å². The van der Waals surface area contributed by atoms with E-state index in [0.717, 1.165) is 46.6 Å². The van der Waals surface area contributed by atoms with E-state index in [1.54, 1.807) is 37.4 Å². The lowest BCUT2D eigenvalue weighted by atomic mass is 10.1. The fourth-order valence-electron chi connectivity index (χ4n) is 3.99. The highest BCUT2D eigenvalue weighted by Crippen LogP contribution is 2.20. The summed E-state index contributed by atoms with van der Waals surface area (Å²) in [6.07, 6.45) is 14.9. The molecular weight excluding hydrogens is 656 g/mol. The third-order valence-corrected chi connectivity index (χ3v) is 7.04. The van der Waals surface area contributed by atoms with E-state index in [2.05, 4.69) is 96.2 Å². The van der Waals surface area contributed by atoms with Crippen LogP contribution in [0.25, 0.3) is 11.1 Å². The molecule has 1 aliphatic heterocycles. The van der Waals surface area contributed by atoms with E-state index in [0.29, 0.717) is 35.5 Å². The van der Waals surface area contributed by atoms with Gasteiger partial charge in [0.25, 0.3) is 0 Å². The summed E-state index contributed by atoms with van der Waals surface area (Å²) in [7, 11) is 0. The van der Waals surface area contributed by atoms with Crippen molar-refractivity contribution in [1.29, 1.82) is 0 Å². The summed E-state index contributed by atoms with van der Waals surface area (Å²) in [5.74, 6) is 6.10. The standard InChI is InChI=1S/C10H11NO.C7H11N.4C6H9NO/c1-7(2)10-11-8-5-3-4-6-9(8)12-10;1-6(2)7-4-3-5-8-7;2*1-5(2)6-7-3-4-8-6;1-5(2)6-3-4-8-7-6;1-5(2)6-3-4-7-8-6/h3-7H,1-2H3;4-6H,3H2,1-2H3;4*3-5H,1-2H3. The molecule has 0 spiro atoms. The van der Waals surface area contributed by atoms with Crippen LogP contribution in [-0.4, -0.2) is 31.5 Å². The molecule has 0 saturated carbocycles. The molecule has 0 bridgehead atoms. The molecule has 52 heavy (non-hydrogen) atoms. The van der Waals surface area contributed by atoms with E-state index in [1.807, 2.05) is 70.3 Å². The number of rotatable bonds is 6. The molecular formula is C41H58N6O5. The van der Waals surface area contributed by atoms with Gasteiger partial charge in [0.15, 0.2) is 23.3 Å². The number of benzene rings is 1. The summed E-state index contributed by atoms with van der Waals surface area (Å²) in [6.45, 7) is 25.0. The summed E-state index contributed by atoms with van der Waals surface area (Å²) in [4.78, 5) is 16.4. The Labute approximate surface area is 309 Å². The van der Waals surface area contributed by atoms with E-state index >= 15 is 0 Å². The summed E-state index contributed by atoms with van der Waals surface area (Å²) in [5.41, 5.74) is 4.08. The number of hydrogen-bond acceptors (Lipinski definition) is 11. The van der Waals surface area contributed by atoms with Crippen LogP contribution in [0.4, 0.5) is 0 Å². The first kappa shape index (κ1) is 43.1. The van der Waals surface area contributed by atoms with E-state index in [-0.39, 0.29) is 0 Å². The lowest BCUT2D eigenvalue weighted by Crippen LogP contribution is -1.85. The van der Waals surface area contributed by atoms with Gasteiger partial charge in [0.1, 0.15) is 30.1 Å². The fraction of sp³-hybridized carbons (Fsp3) is 0.463. The zero-order chi connectivity index (χ0) is 38.5. The Balaban J connectivity index is 0.000000218. The number of aromatic nitrogens is 5. The van der Waals surface area contributed by atoms with Crippen molar-refractivity contribution in [2.24, 2.45) is 10.9 Å². The van der Waals surface area contributed by atoms with Crippen molar-refractivity contribution in [2.45, 2.75) is 119 Å². The van der Waals surface area contributed by atoms with E-state index in [9.17, 15) is 0 Å². The highest BCUT2D eigenvalue weighted by molar-refractivity contribution is 5.72. The molecule has 1 aliphatic rings. The molecule has 11 nitrogen and oxygen atoms in total. The van der Waals surface area contributed by atoms with Crippen molar-refractivity contribution in [3.8, 4) is 0 Å². The Bertz CT molecular complexity index is 1580. The largest absolute Gasteiger partial charge is 0.449 e. The second kappa shape index (κ2) is 23.4. The normalized spacial score (nSPS) is 11.7. The molecule has 11 heteroatoms. The maximum atomic E-state index is 5.52. The van der Waals surface area contributed by atoms with Crippen LogP contribution in [0.2, 0.25) is 0 Å². The van der Waals surface area contributed by atoms with Gasteiger partial charge < -0.3 is 22.3 Å². The zero-order valence-corrected chi connectivity index (χ0v) is 33.0. The van der Waals surface area contributed by atoms with Gasteiger partial charge in [-0.05, 0) is 24.0 Å². The number of hydrogen-bond donors (Lipinski definition) is 0. The van der Waals surface area contributed by atoms with Crippen molar-refractivity contribution >= 4 is 17.3 Å². The van der Waals surface area contributed by atoms with Gasteiger partial charge in [-0.25, -0.2) is 15.0 Å². The third-order valence-electron chi connectivity index (χ3n) is 7.04. The maximum absolute atomic E-state index is 5.52. The number of fused-ring (bicyclic) bond motifs is 1. The van der Waals surface area contributed by atoms with E-state index in [4.69, 9.17) is 17.8 Å². The molecule has 6 aromatic rings. The molecule has 0 aliphatic carbocycles. The van der Waals surface area contributed by atoms with Crippen LogP contribution >= 0.6 is 0 Å². The van der Waals surface area contributed by atoms with Gasteiger partial charge in [-0.3, -0.25) is 4.99 Å². The molecule has 1 aromatic carbocycles. The van der Waals surface area contributed by atoms with Crippen LogP contribution in [0.3, 0.4) is 0 Å². The molecule has 0 radical (unpaired) electrons. The van der Waals surface area contributed by atoms with Gasteiger partial charge in [0.05, 0.1) is 24.3 Å². The minimum Gasteiger partial charge on any atom is -0.449 e. The van der Waals surface area contributed by atoms with Crippen molar-refractivity contribution in [3.63, 3.8) is 0 Å². The lowest BCUT2D eigenvalue weighted by Gasteiger charge is -1.98. The number of nitrogens with zero attached hydrogens (tertiary/aromatic N) is 6. The smallest absolute Gasteiger partial charge is 0.198 e. The third kappa shape index (κ3) is 16.3. The van der Waals surface area contributed by atoms with Gasteiger partial charge in [-0.2, -0.15) is 0 Å². The number of allylic oxidation sites excluding steroid dienone is 2. The Morgan fingerprint density at radius 3 is 1.52 bits per heavy atom. The first-order valence-corrected chi connectivity index (χ1v) is 18.0. The van der Waals surface area contributed by atoms with Crippen LogP contribution in [0.1, 0.15) is 148 Å². The number of para-hydroxylation sites is 2. The topological polar surface area (TPSA) is 143 Å². The Hall–Kier alpha value is -5.06. The predicted molar refractivity (Wildman–Crippen MR) is 206 cm³/mol. The Morgan fingerprint density at radius 2 is 1.21 bits per heavy atom. The van der Waals surface area contributed by atoms with Crippen LogP contribution in [-0.2, 0) is 0 Å². The molecule has 0 unspecified atom stereocenters. The average molecular weight is 715 g/mol. The van der Waals surface area contributed by atoms with Gasteiger partial charge in [-0.1, -0.05) is 112 Å². The van der Waals surface area contributed by atoms with Crippen molar-refractivity contribution < 1.29 is 22.3 Å². The molecule has 6 heterocycles. The lowest BCUT2D eigenvalue weighted by molar-refractivity contribution is 0.371. The number of aliphatic imine (C=N–C) groups is 1. The average Bonchev–Trinajstić information content (AvgIpc) is 3.98. The molecule has 5 aromatic heterocycles. The molecule has 0 N–H and O–H groups in total. The van der Waals surface area contributed by atoms with Crippen LogP contribution < -0.4 is 0 Å². The second-order valence-corrected chi connectivity index (χ2v) is 13.7. The fourth-order valence-corrected chi connectivity index (χ4v) is 3.99. The highest BCUT2D eigenvalue weighted by atomic mass is 16.5. The van der Waals surface area contributed by atoms with Crippen LogP contribution in [0, 0.1) is 5.92 Å². The quantitative estimate of drug-likeness (QED) is 0.163. The second-order valence-electron chi connectivity index (χ2n) is 13.7. The zero-order valence-electron chi connectivity index (χ0n) is 33.0. The molecule has 7 rings (SSSR count). The van der Waals surface area contributed by atoms with Crippen molar-refractivity contribution in [1.82, 2.24) is 25.3 Å². The van der Waals surface area contributed by atoms with Gasteiger partial charge >= 0.3 is 0 Å². The molecule has 0 fully saturated rings. The highest BCUT2D eigenvalue weighted by Gasteiger charge is 2.07. The van der Waals surface area contributed by atoms with E-state index in [1.165, 1.54) is 5.70 Å². The molecule has 0 amide bonds. The Morgan fingerprint density at radius 1 is 0.596 bits per heavy atom. The predicted octanol–water partition coefficient (Wildman–Crippen LogP) is 12.1. The SMILES string of the molecule is CC(C)C1=CCC=N1.CC(C)c1ccno1.CC(C)c1ccon1.CC(C)c1nc2ccccc2o1.CC(C)c1ncco1.CC(C)c1ncco1. The molecule has 282 valence electrons. The minimum absolute atomic E-state index is 0.359. The summed E-state index contributed by atoms with van der Waals surface area (Å²) < 4.78 is 25.0. The van der Waals surface area contributed by atoms with Gasteiger partial charge in [0, 0.05) is 54.1 Å². The first-order valence-electron chi connectivity index (χ1n) is 18.0. The summed E-state index contributed by atoms with van der Waals surface area (Å²) in [6, 6.07) is 11.6. The monoisotopic (exact) mass is 714 g/mol. The minimum atomic E-state index is 0.359. The van der Waals surface area contributed by atoms with Crippen LogP contribution in [0.5, 0.6) is 0 Å². The number of oxazole rings is 3. The van der Waals surface area contributed by atoms with Crippen LogP contribution in [0.15, 0.2) is 113 Å². The first-order chi connectivity index (χ1) is 24.8. The molecule has 0 saturated heterocycles.